The van der Waals surface area contributed by atoms with E-state index in [1.165, 1.54) is 7.11 Å². The SMILES string of the molecule is CCCC(C)(CCC)OP(=O)(O)OC. The third-order valence-electron chi connectivity index (χ3n) is 2.12. The van der Waals surface area contributed by atoms with Crippen LogP contribution >= 0.6 is 7.82 Å². The van der Waals surface area contributed by atoms with Gasteiger partial charge >= 0.3 is 7.82 Å². The molecule has 1 atom stereocenters. The fraction of sp³-hybridized carbons (Fsp3) is 1.00. The van der Waals surface area contributed by atoms with Crippen molar-refractivity contribution in [3.63, 3.8) is 0 Å². The molecular formula is C9H21O4P. The molecule has 0 rings (SSSR count). The maximum atomic E-state index is 11.3. The lowest BCUT2D eigenvalue weighted by Crippen LogP contribution is -2.27. The van der Waals surface area contributed by atoms with Gasteiger partial charge in [-0.2, -0.15) is 0 Å². The number of rotatable bonds is 7. The highest BCUT2D eigenvalue weighted by Crippen LogP contribution is 2.48. The van der Waals surface area contributed by atoms with Crippen LogP contribution < -0.4 is 0 Å². The van der Waals surface area contributed by atoms with E-state index in [1.54, 1.807) is 0 Å². The molecule has 0 spiro atoms. The lowest BCUT2D eigenvalue weighted by molar-refractivity contribution is 0.0274. The minimum Gasteiger partial charge on any atom is -0.302 e. The van der Waals surface area contributed by atoms with E-state index in [2.05, 4.69) is 4.52 Å². The molecule has 0 radical (unpaired) electrons. The molecule has 5 heteroatoms. The lowest BCUT2D eigenvalue weighted by Gasteiger charge is -2.30. The van der Waals surface area contributed by atoms with Gasteiger partial charge in [-0.05, 0) is 19.8 Å². The third-order valence-corrected chi connectivity index (χ3v) is 3.26. The van der Waals surface area contributed by atoms with Crippen LogP contribution in [0.15, 0.2) is 0 Å². The average Bonchev–Trinajstić information content (AvgIpc) is 2.03. The Morgan fingerprint density at radius 1 is 1.29 bits per heavy atom. The van der Waals surface area contributed by atoms with Crippen molar-refractivity contribution < 1.29 is 18.5 Å². The van der Waals surface area contributed by atoms with Gasteiger partial charge in [-0.1, -0.05) is 26.7 Å². The molecule has 0 aliphatic carbocycles. The van der Waals surface area contributed by atoms with E-state index in [4.69, 9.17) is 4.52 Å². The van der Waals surface area contributed by atoms with Gasteiger partial charge in [0.05, 0.1) is 5.60 Å². The van der Waals surface area contributed by atoms with Crippen molar-refractivity contribution in [1.82, 2.24) is 0 Å². The largest absolute Gasteiger partial charge is 0.472 e. The lowest BCUT2D eigenvalue weighted by atomic mass is 9.95. The number of hydrogen-bond acceptors (Lipinski definition) is 3. The first-order chi connectivity index (χ1) is 6.39. The van der Waals surface area contributed by atoms with E-state index in [1.807, 2.05) is 20.8 Å². The van der Waals surface area contributed by atoms with E-state index in [-0.39, 0.29) is 0 Å². The van der Waals surface area contributed by atoms with E-state index in [0.29, 0.717) is 0 Å². The molecule has 0 heterocycles. The summed E-state index contributed by atoms with van der Waals surface area (Å²) < 4.78 is 20.8. The molecule has 1 N–H and O–H groups in total. The Labute approximate surface area is 86.2 Å². The number of phosphoric acid groups is 1. The summed E-state index contributed by atoms with van der Waals surface area (Å²) in [5.41, 5.74) is -0.552. The number of hydrogen-bond donors (Lipinski definition) is 1. The van der Waals surface area contributed by atoms with Crippen LogP contribution in [0.25, 0.3) is 0 Å². The maximum Gasteiger partial charge on any atom is 0.472 e. The Morgan fingerprint density at radius 2 is 1.71 bits per heavy atom. The molecule has 4 nitrogen and oxygen atoms in total. The average molecular weight is 224 g/mol. The van der Waals surface area contributed by atoms with Crippen LogP contribution in [-0.2, 0) is 13.6 Å². The quantitative estimate of drug-likeness (QED) is 0.675. The maximum absolute atomic E-state index is 11.3. The summed E-state index contributed by atoms with van der Waals surface area (Å²) in [5.74, 6) is 0. The molecule has 0 aromatic carbocycles. The standard InChI is InChI=1S/C9H21O4P/c1-5-7-9(3,8-6-2)13-14(10,11)12-4/h5-8H2,1-4H3,(H,10,11). The predicted octanol–water partition coefficient (Wildman–Crippen LogP) is 3.11. The Bertz CT molecular complexity index is 199. The first-order valence-electron chi connectivity index (χ1n) is 4.98. The van der Waals surface area contributed by atoms with Crippen molar-refractivity contribution in [1.29, 1.82) is 0 Å². The smallest absolute Gasteiger partial charge is 0.302 e. The Balaban J connectivity index is 4.42. The van der Waals surface area contributed by atoms with Crippen LogP contribution in [-0.4, -0.2) is 17.6 Å². The zero-order valence-corrected chi connectivity index (χ0v) is 10.3. The third kappa shape index (κ3) is 5.11. The zero-order valence-electron chi connectivity index (χ0n) is 9.45. The first-order valence-corrected chi connectivity index (χ1v) is 6.48. The van der Waals surface area contributed by atoms with Crippen molar-refractivity contribution >= 4 is 7.82 Å². The molecule has 1 unspecified atom stereocenters. The second-order valence-corrected chi connectivity index (χ2v) is 5.18. The molecule has 86 valence electrons. The van der Waals surface area contributed by atoms with Crippen LogP contribution in [0.2, 0.25) is 0 Å². The van der Waals surface area contributed by atoms with Gasteiger partial charge in [-0.25, -0.2) is 4.57 Å². The number of phosphoric ester groups is 1. The van der Waals surface area contributed by atoms with Gasteiger partial charge in [0.1, 0.15) is 0 Å². The van der Waals surface area contributed by atoms with Gasteiger partial charge in [-0.3, -0.25) is 9.05 Å². The molecule has 0 saturated carbocycles. The minimum atomic E-state index is -3.85. The topological polar surface area (TPSA) is 55.8 Å². The molecule has 0 amide bonds. The highest BCUT2D eigenvalue weighted by molar-refractivity contribution is 7.47. The van der Waals surface area contributed by atoms with Crippen molar-refractivity contribution in [3.05, 3.63) is 0 Å². The van der Waals surface area contributed by atoms with E-state index < -0.39 is 13.4 Å². The summed E-state index contributed by atoms with van der Waals surface area (Å²) in [6.07, 6.45) is 3.35. The van der Waals surface area contributed by atoms with Gasteiger partial charge in [0.2, 0.25) is 0 Å². The van der Waals surface area contributed by atoms with E-state index in [0.717, 1.165) is 25.7 Å². The van der Waals surface area contributed by atoms with Crippen LogP contribution in [0.3, 0.4) is 0 Å². The van der Waals surface area contributed by atoms with Crippen LogP contribution in [0.1, 0.15) is 46.5 Å². The second kappa shape index (κ2) is 5.86. The molecule has 0 saturated heterocycles. The Morgan fingerprint density at radius 3 is 2.00 bits per heavy atom. The van der Waals surface area contributed by atoms with Crippen LogP contribution in [0.4, 0.5) is 0 Å². The Kier molecular flexibility index (Phi) is 5.91. The summed E-state index contributed by atoms with van der Waals surface area (Å²) in [6, 6.07) is 0. The van der Waals surface area contributed by atoms with Gasteiger partial charge < -0.3 is 4.89 Å². The van der Waals surface area contributed by atoms with Gasteiger partial charge in [0.25, 0.3) is 0 Å². The summed E-state index contributed by atoms with van der Waals surface area (Å²) in [7, 11) is -2.67. The van der Waals surface area contributed by atoms with Crippen molar-refractivity contribution in [2.75, 3.05) is 7.11 Å². The molecule has 14 heavy (non-hydrogen) atoms. The molecule has 0 aliphatic rings. The fourth-order valence-electron chi connectivity index (χ4n) is 1.59. The molecule has 0 aromatic rings. The van der Waals surface area contributed by atoms with Crippen LogP contribution in [0, 0.1) is 0 Å². The minimum absolute atomic E-state index is 0.552. The van der Waals surface area contributed by atoms with Gasteiger partial charge in [0, 0.05) is 7.11 Å². The highest BCUT2D eigenvalue weighted by Gasteiger charge is 2.33. The normalized spacial score (nSPS) is 16.6. The summed E-state index contributed by atoms with van der Waals surface area (Å²) in [4.78, 5) is 9.22. The van der Waals surface area contributed by atoms with Gasteiger partial charge in [-0.15, -0.1) is 0 Å². The van der Waals surface area contributed by atoms with E-state index in [9.17, 15) is 9.46 Å². The van der Waals surface area contributed by atoms with E-state index >= 15 is 0 Å². The van der Waals surface area contributed by atoms with Crippen molar-refractivity contribution in [3.8, 4) is 0 Å². The predicted molar refractivity (Wildman–Crippen MR) is 56.1 cm³/mol. The van der Waals surface area contributed by atoms with Crippen molar-refractivity contribution in [2.45, 2.75) is 52.1 Å². The van der Waals surface area contributed by atoms with Crippen molar-refractivity contribution in [2.24, 2.45) is 0 Å². The summed E-state index contributed by atoms with van der Waals surface area (Å²) in [5, 5.41) is 0. The summed E-state index contributed by atoms with van der Waals surface area (Å²) >= 11 is 0. The van der Waals surface area contributed by atoms with Crippen LogP contribution in [0.5, 0.6) is 0 Å². The fourth-order valence-corrected chi connectivity index (χ4v) is 2.40. The second-order valence-electron chi connectivity index (χ2n) is 3.69. The molecule has 0 fully saturated rings. The molecule has 0 aliphatic heterocycles. The molecule has 0 aromatic heterocycles. The monoisotopic (exact) mass is 224 g/mol. The molecule has 0 bridgehead atoms. The molecular weight excluding hydrogens is 203 g/mol. The Hall–Kier alpha value is 0.110. The summed E-state index contributed by atoms with van der Waals surface area (Å²) in [6.45, 7) is 5.89. The highest BCUT2D eigenvalue weighted by atomic mass is 31.2. The first kappa shape index (κ1) is 14.1. The zero-order chi connectivity index (χ0) is 11.2. The van der Waals surface area contributed by atoms with Gasteiger partial charge in [0.15, 0.2) is 0 Å².